The van der Waals surface area contributed by atoms with Gasteiger partial charge in [-0.15, -0.1) is 11.3 Å². The van der Waals surface area contributed by atoms with Crippen LogP contribution in [0.25, 0.3) is 0 Å². The SMILES string of the molecule is CC(C)CS(=O)(=O)NCC1(c2cccs2)CCCCC1. The summed E-state index contributed by atoms with van der Waals surface area (Å²) in [7, 11) is -3.15. The minimum absolute atomic E-state index is 0.0243. The molecule has 1 fully saturated rings. The Bertz CT molecular complexity index is 500. The molecular formula is C15H25NO2S2. The molecule has 114 valence electrons. The molecule has 1 aliphatic carbocycles. The second kappa shape index (κ2) is 6.58. The van der Waals surface area contributed by atoms with Crippen molar-refractivity contribution in [2.75, 3.05) is 12.3 Å². The van der Waals surface area contributed by atoms with Crippen molar-refractivity contribution >= 4 is 21.4 Å². The van der Waals surface area contributed by atoms with E-state index in [1.54, 1.807) is 11.3 Å². The molecule has 1 aromatic heterocycles. The molecule has 0 aromatic carbocycles. The van der Waals surface area contributed by atoms with Gasteiger partial charge in [0.25, 0.3) is 0 Å². The van der Waals surface area contributed by atoms with Gasteiger partial charge >= 0.3 is 0 Å². The first-order valence-electron chi connectivity index (χ1n) is 7.45. The van der Waals surface area contributed by atoms with Gasteiger partial charge in [-0.1, -0.05) is 39.2 Å². The van der Waals surface area contributed by atoms with Crippen LogP contribution in [0.15, 0.2) is 17.5 Å². The van der Waals surface area contributed by atoms with Crippen LogP contribution in [0.4, 0.5) is 0 Å². The second-order valence-corrected chi connectivity index (χ2v) is 9.11. The van der Waals surface area contributed by atoms with Gasteiger partial charge < -0.3 is 0 Å². The van der Waals surface area contributed by atoms with Crippen LogP contribution in [0.2, 0.25) is 0 Å². The zero-order valence-corrected chi connectivity index (χ0v) is 14.0. The zero-order chi connectivity index (χ0) is 14.6. The molecule has 1 heterocycles. The maximum absolute atomic E-state index is 12.1. The lowest BCUT2D eigenvalue weighted by Crippen LogP contribution is -2.42. The van der Waals surface area contributed by atoms with Gasteiger partial charge in [-0.25, -0.2) is 13.1 Å². The van der Waals surface area contributed by atoms with Crippen molar-refractivity contribution in [2.45, 2.75) is 51.4 Å². The van der Waals surface area contributed by atoms with E-state index >= 15 is 0 Å². The summed E-state index contributed by atoms with van der Waals surface area (Å²) in [6, 6.07) is 4.23. The van der Waals surface area contributed by atoms with Crippen molar-refractivity contribution < 1.29 is 8.42 Å². The van der Waals surface area contributed by atoms with Gasteiger partial charge in [-0.2, -0.15) is 0 Å². The third-order valence-corrected chi connectivity index (χ3v) is 6.84. The summed E-state index contributed by atoms with van der Waals surface area (Å²) in [6.07, 6.45) is 5.86. The summed E-state index contributed by atoms with van der Waals surface area (Å²) in [5.41, 5.74) is 0.0243. The molecule has 0 amide bonds. The van der Waals surface area contributed by atoms with Gasteiger partial charge in [-0.05, 0) is 30.2 Å². The fourth-order valence-electron chi connectivity index (χ4n) is 3.07. The lowest BCUT2D eigenvalue weighted by atomic mass is 9.73. The lowest BCUT2D eigenvalue weighted by molar-refractivity contribution is 0.298. The second-order valence-electron chi connectivity index (χ2n) is 6.31. The van der Waals surface area contributed by atoms with E-state index in [9.17, 15) is 8.42 Å². The topological polar surface area (TPSA) is 46.2 Å². The monoisotopic (exact) mass is 315 g/mol. The summed E-state index contributed by atoms with van der Waals surface area (Å²) in [4.78, 5) is 1.34. The Morgan fingerprint density at radius 1 is 1.30 bits per heavy atom. The van der Waals surface area contributed by atoms with Gasteiger partial charge in [0.1, 0.15) is 0 Å². The molecule has 20 heavy (non-hydrogen) atoms. The molecule has 0 radical (unpaired) electrons. The molecule has 3 nitrogen and oxygen atoms in total. The Morgan fingerprint density at radius 3 is 2.55 bits per heavy atom. The smallest absolute Gasteiger partial charge is 0.211 e. The summed E-state index contributed by atoms with van der Waals surface area (Å²) in [5, 5.41) is 2.09. The van der Waals surface area contributed by atoms with Crippen molar-refractivity contribution in [3.05, 3.63) is 22.4 Å². The average Bonchev–Trinajstić information content (AvgIpc) is 2.91. The molecule has 1 N–H and O–H groups in total. The van der Waals surface area contributed by atoms with E-state index in [0.29, 0.717) is 6.54 Å². The number of thiophene rings is 1. The van der Waals surface area contributed by atoms with Crippen LogP contribution in [-0.4, -0.2) is 20.7 Å². The highest BCUT2D eigenvalue weighted by Crippen LogP contribution is 2.41. The number of nitrogens with one attached hydrogen (secondary N) is 1. The molecular weight excluding hydrogens is 290 g/mol. The first-order chi connectivity index (χ1) is 9.44. The van der Waals surface area contributed by atoms with Gasteiger partial charge in [0.2, 0.25) is 10.0 Å². The minimum Gasteiger partial charge on any atom is -0.214 e. The largest absolute Gasteiger partial charge is 0.214 e. The van der Waals surface area contributed by atoms with Gasteiger partial charge in [0, 0.05) is 16.8 Å². The van der Waals surface area contributed by atoms with Gasteiger partial charge in [-0.3, -0.25) is 0 Å². The van der Waals surface area contributed by atoms with Crippen LogP contribution in [0.3, 0.4) is 0 Å². The van der Waals surface area contributed by atoms with E-state index in [2.05, 4.69) is 22.2 Å². The van der Waals surface area contributed by atoms with Gasteiger partial charge in [0.05, 0.1) is 5.75 Å². The summed E-state index contributed by atoms with van der Waals surface area (Å²) in [6.45, 7) is 4.44. The fraction of sp³-hybridized carbons (Fsp3) is 0.733. The molecule has 0 unspecified atom stereocenters. The molecule has 0 bridgehead atoms. The molecule has 0 atom stereocenters. The maximum atomic E-state index is 12.1. The quantitative estimate of drug-likeness (QED) is 0.873. The minimum atomic E-state index is -3.15. The van der Waals surface area contributed by atoms with Crippen molar-refractivity contribution in [1.82, 2.24) is 4.72 Å². The number of sulfonamides is 1. The van der Waals surface area contributed by atoms with Gasteiger partial charge in [0.15, 0.2) is 0 Å². The summed E-state index contributed by atoms with van der Waals surface area (Å²) < 4.78 is 27.0. The van der Waals surface area contributed by atoms with Crippen molar-refractivity contribution in [2.24, 2.45) is 5.92 Å². The third-order valence-electron chi connectivity index (χ3n) is 4.04. The molecule has 1 aliphatic rings. The lowest BCUT2D eigenvalue weighted by Gasteiger charge is -2.36. The molecule has 0 aliphatic heterocycles. The Balaban J connectivity index is 2.10. The van der Waals surface area contributed by atoms with Crippen LogP contribution in [0, 0.1) is 5.92 Å². The van der Waals surface area contributed by atoms with Crippen LogP contribution in [0.1, 0.15) is 50.8 Å². The van der Waals surface area contributed by atoms with Crippen LogP contribution in [0.5, 0.6) is 0 Å². The van der Waals surface area contributed by atoms with E-state index in [-0.39, 0.29) is 17.1 Å². The van der Waals surface area contributed by atoms with Crippen LogP contribution >= 0.6 is 11.3 Å². The number of hydrogen-bond donors (Lipinski definition) is 1. The fourth-order valence-corrected chi connectivity index (χ4v) is 5.54. The molecule has 5 heteroatoms. The summed E-state index contributed by atoms with van der Waals surface area (Å²) >= 11 is 1.76. The normalized spacial score (nSPS) is 19.4. The van der Waals surface area contributed by atoms with E-state index in [0.717, 1.165) is 12.8 Å². The van der Waals surface area contributed by atoms with Crippen molar-refractivity contribution in [3.63, 3.8) is 0 Å². The predicted molar refractivity (Wildman–Crippen MR) is 85.7 cm³/mol. The third kappa shape index (κ3) is 4.06. The first kappa shape index (κ1) is 16.0. The summed E-state index contributed by atoms with van der Waals surface area (Å²) in [5.74, 6) is 0.379. The molecule has 0 spiro atoms. The van der Waals surface area contributed by atoms with E-state index in [4.69, 9.17) is 0 Å². The Labute approximate surface area is 126 Å². The Kier molecular flexibility index (Phi) is 5.26. The van der Waals surface area contributed by atoms with E-state index < -0.39 is 10.0 Å². The maximum Gasteiger partial charge on any atom is 0.211 e. The molecule has 2 rings (SSSR count). The average molecular weight is 316 g/mol. The first-order valence-corrected chi connectivity index (χ1v) is 9.98. The Morgan fingerprint density at radius 2 is 2.00 bits per heavy atom. The standard InChI is InChI=1S/C15H25NO2S2/c1-13(2)11-20(17,18)16-12-15(8-4-3-5-9-15)14-7-6-10-19-14/h6-7,10,13,16H,3-5,8-9,11-12H2,1-2H3. The molecule has 1 saturated carbocycles. The van der Waals surface area contributed by atoms with Crippen LogP contribution < -0.4 is 4.72 Å². The van der Waals surface area contributed by atoms with E-state index in [1.165, 1.54) is 24.1 Å². The van der Waals surface area contributed by atoms with Crippen molar-refractivity contribution in [3.8, 4) is 0 Å². The highest BCUT2D eigenvalue weighted by Gasteiger charge is 2.35. The highest BCUT2D eigenvalue weighted by molar-refractivity contribution is 7.89. The molecule has 0 saturated heterocycles. The Hall–Kier alpha value is -0.390. The molecule has 1 aromatic rings. The highest BCUT2D eigenvalue weighted by atomic mass is 32.2. The predicted octanol–water partition coefficient (Wildman–Crippen LogP) is 3.53. The van der Waals surface area contributed by atoms with Crippen molar-refractivity contribution in [1.29, 1.82) is 0 Å². The number of hydrogen-bond acceptors (Lipinski definition) is 3. The number of rotatable bonds is 6. The van der Waals surface area contributed by atoms with E-state index in [1.807, 2.05) is 13.8 Å². The van der Waals surface area contributed by atoms with Crippen LogP contribution in [-0.2, 0) is 15.4 Å². The zero-order valence-electron chi connectivity index (χ0n) is 12.4.